The summed E-state index contributed by atoms with van der Waals surface area (Å²) in [5, 5.41) is 0.693. The highest BCUT2D eigenvalue weighted by Crippen LogP contribution is 2.21. The van der Waals surface area contributed by atoms with Crippen molar-refractivity contribution >= 4 is 21.6 Å². The molecule has 0 bridgehead atoms. The van der Waals surface area contributed by atoms with Gasteiger partial charge in [-0.15, -0.1) is 11.3 Å². The summed E-state index contributed by atoms with van der Waals surface area (Å²) in [4.78, 5) is 18.8. The molecule has 6 heteroatoms. The zero-order valence-electron chi connectivity index (χ0n) is 13.1. The molecule has 0 unspecified atom stereocenters. The summed E-state index contributed by atoms with van der Waals surface area (Å²) in [5.41, 5.74) is -0.00993. The molecule has 120 valence electrons. The zero-order valence-corrected chi connectivity index (χ0v) is 13.9. The Balaban J connectivity index is 1.69. The maximum atomic E-state index is 12.4. The average Bonchev–Trinajstić information content (AvgIpc) is 3.02. The summed E-state index contributed by atoms with van der Waals surface area (Å²) < 4.78 is 12.4. The highest BCUT2D eigenvalue weighted by Gasteiger charge is 2.08. The van der Waals surface area contributed by atoms with Crippen molar-refractivity contribution in [2.24, 2.45) is 0 Å². The van der Waals surface area contributed by atoms with Gasteiger partial charge in [0, 0.05) is 4.88 Å². The quantitative estimate of drug-likeness (QED) is 0.697. The maximum absolute atomic E-state index is 12.4. The van der Waals surface area contributed by atoms with Crippen LogP contribution in [0.1, 0.15) is 11.8 Å². The predicted molar refractivity (Wildman–Crippen MR) is 91.7 cm³/mol. The van der Waals surface area contributed by atoms with Crippen LogP contribution in [0.4, 0.5) is 0 Å². The van der Waals surface area contributed by atoms with Gasteiger partial charge < -0.3 is 9.47 Å². The molecule has 2 heterocycles. The number of nitrogens with zero attached hydrogens (tertiary/aromatic N) is 2. The molecule has 0 aliphatic rings. The molecule has 1 aromatic carbocycles. The van der Waals surface area contributed by atoms with E-state index < -0.39 is 0 Å². The van der Waals surface area contributed by atoms with Gasteiger partial charge in [-0.3, -0.25) is 9.36 Å². The minimum atomic E-state index is -0.00993. The van der Waals surface area contributed by atoms with Crippen LogP contribution in [0.5, 0.6) is 11.5 Å². The molecule has 0 aliphatic heterocycles. The number of aromatic nitrogens is 2. The molecule has 0 atom stereocenters. The second-order valence-electron chi connectivity index (χ2n) is 5.05. The third-order valence-electron chi connectivity index (χ3n) is 3.58. The summed E-state index contributed by atoms with van der Waals surface area (Å²) in [6.45, 7) is 2.95. The first-order chi connectivity index (χ1) is 11.2. The van der Waals surface area contributed by atoms with E-state index >= 15 is 0 Å². The molecule has 3 rings (SSSR count). The number of thiophene rings is 1. The first-order valence-corrected chi connectivity index (χ1v) is 8.27. The number of hydrogen-bond acceptors (Lipinski definition) is 5. The lowest BCUT2D eigenvalue weighted by atomic mass is 10.3. The van der Waals surface area contributed by atoms with Gasteiger partial charge in [-0.2, -0.15) is 0 Å². The smallest absolute Gasteiger partial charge is 0.262 e. The highest BCUT2D eigenvalue weighted by molar-refractivity contribution is 7.18. The number of rotatable bonds is 6. The van der Waals surface area contributed by atoms with Crippen LogP contribution in [-0.2, 0) is 13.0 Å². The molecule has 0 amide bonds. The van der Waals surface area contributed by atoms with Gasteiger partial charge in [0.15, 0.2) is 0 Å². The van der Waals surface area contributed by atoms with Gasteiger partial charge in [-0.25, -0.2) is 4.98 Å². The van der Waals surface area contributed by atoms with Crippen LogP contribution < -0.4 is 15.0 Å². The highest BCUT2D eigenvalue weighted by atomic mass is 32.1. The van der Waals surface area contributed by atoms with Crippen molar-refractivity contribution < 1.29 is 9.47 Å². The van der Waals surface area contributed by atoms with E-state index in [0.717, 1.165) is 22.8 Å². The summed E-state index contributed by atoms with van der Waals surface area (Å²) in [7, 11) is 1.62. The van der Waals surface area contributed by atoms with Crippen molar-refractivity contribution in [2.45, 2.75) is 19.9 Å². The Hall–Kier alpha value is -2.34. The lowest BCUT2D eigenvalue weighted by molar-refractivity contribution is 0.295. The van der Waals surface area contributed by atoms with E-state index in [9.17, 15) is 4.79 Å². The third-order valence-corrected chi connectivity index (χ3v) is 4.77. The van der Waals surface area contributed by atoms with E-state index in [0.29, 0.717) is 18.5 Å². The van der Waals surface area contributed by atoms with Crippen LogP contribution in [0.3, 0.4) is 0 Å². The van der Waals surface area contributed by atoms with Crippen molar-refractivity contribution in [3.8, 4) is 11.5 Å². The van der Waals surface area contributed by atoms with E-state index in [1.54, 1.807) is 29.3 Å². The van der Waals surface area contributed by atoms with Gasteiger partial charge >= 0.3 is 0 Å². The van der Waals surface area contributed by atoms with Crippen LogP contribution in [0.15, 0.2) is 41.5 Å². The molecular weight excluding hydrogens is 312 g/mol. The Morgan fingerprint density at radius 1 is 1.22 bits per heavy atom. The standard InChI is InChI=1S/C17H18N2O3S/c1-3-14-10-15-16(23-14)18-11-19(17(15)20)8-9-22-13-6-4-12(21-2)5-7-13/h4-7,10-11H,3,8-9H2,1-2H3. The summed E-state index contributed by atoms with van der Waals surface area (Å²) >= 11 is 1.58. The van der Waals surface area contributed by atoms with Gasteiger partial charge in [-0.05, 0) is 36.8 Å². The normalized spacial score (nSPS) is 10.9. The first-order valence-electron chi connectivity index (χ1n) is 7.46. The molecule has 0 aliphatic carbocycles. The SMILES string of the molecule is CCc1cc2c(=O)n(CCOc3ccc(OC)cc3)cnc2s1. The maximum Gasteiger partial charge on any atom is 0.262 e. The molecular formula is C17H18N2O3S. The molecule has 0 radical (unpaired) electrons. The van der Waals surface area contributed by atoms with Crippen molar-refractivity contribution in [3.05, 3.63) is 51.9 Å². The Morgan fingerprint density at radius 2 is 1.96 bits per heavy atom. The molecule has 3 aromatic rings. The monoisotopic (exact) mass is 330 g/mol. The predicted octanol–water partition coefficient (Wildman–Crippen LogP) is 3.11. The first kappa shape index (κ1) is 15.6. The Kier molecular flexibility index (Phi) is 4.62. The Labute approximate surface area is 138 Å². The van der Waals surface area contributed by atoms with Crippen LogP contribution >= 0.6 is 11.3 Å². The second-order valence-corrected chi connectivity index (χ2v) is 6.17. The Bertz CT molecular complexity index is 852. The van der Waals surface area contributed by atoms with E-state index in [1.807, 2.05) is 30.3 Å². The van der Waals surface area contributed by atoms with E-state index in [-0.39, 0.29) is 5.56 Å². The van der Waals surface area contributed by atoms with Crippen molar-refractivity contribution in [2.75, 3.05) is 13.7 Å². The van der Waals surface area contributed by atoms with Crippen molar-refractivity contribution in [1.29, 1.82) is 0 Å². The van der Waals surface area contributed by atoms with Crippen LogP contribution in [0, 0.1) is 0 Å². The van der Waals surface area contributed by atoms with Crippen molar-refractivity contribution in [3.63, 3.8) is 0 Å². The lowest BCUT2D eigenvalue weighted by Gasteiger charge is -2.08. The number of methoxy groups -OCH3 is 1. The fourth-order valence-electron chi connectivity index (χ4n) is 2.28. The van der Waals surface area contributed by atoms with Gasteiger partial charge in [0.2, 0.25) is 0 Å². The number of hydrogen-bond donors (Lipinski definition) is 0. The van der Waals surface area contributed by atoms with Gasteiger partial charge in [0.25, 0.3) is 5.56 Å². The van der Waals surface area contributed by atoms with Crippen molar-refractivity contribution in [1.82, 2.24) is 9.55 Å². The number of ether oxygens (including phenoxy) is 2. The molecule has 0 spiro atoms. The van der Waals surface area contributed by atoms with Gasteiger partial charge in [0.05, 0.1) is 25.4 Å². The molecule has 0 N–H and O–H groups in total. The number of fused-ring (bicyclic) bond motifs is 1. The second kappa shape index (κ2) is 6.83. The topological polar surface area (TPSA) is 53.4 Å². The zero-order chi connectivity index (χ0) is 16.2. The van der Waals surface area contributed by atoms with Gasteiger partial charge in [0.1, 0.15) is 22.9 Å². The minimum absolute atomic E-state index is 0.00993. The molecule has 2 aromatic heterocycles. The number of benzene rings is 1. The lowest BCUT2D eigenvalue weighted by Crippen LogP contribution is -2.23. The van der Waals surface area contributed by atoms with Crippen LogP contribution in [-0.4, -0.2) is 23.3 Å². The van der Waals surface area contributed by atoms with Crippen LogP contribution in [0.25, 0.3) is 10.2 Å². The minimum Gasteiger partial charge on any atom is -0.497 e. The summed E-state index contributed by atoms with van der Waals surface area (Å²) in [6.07, 6.45) is 2.51. The third kappa shape index (κ3) is 3.37. The van der Waals surface area contributed by atoms with E-state index in [4.69, 9.17) is 9.47 Å². The molecule has 0 saturated carbocycles. The average molecular weight is 330 g/mol. The van der Waals surface area contributed by atoms with E-state index in [1.165, 1.54) is 4.88 Å². The molecule has 23 heavy (non-hydrogen) atoms. The van der Waals surface area contributed by atoms with Gasteiger partial charge in [-0.1, -0.05) is 6.92 Å². The van der Waals surface area contributed by atoms with Crippen LogP contribution in [0.2, 0.25) is 0 Å². The fraction of sp³-hybridized carbons (Fsp3) is 0.294. The summed E-state index contributed by atoms with van der Waals surface area (Å²) in [6, 6.07) is 9.31. The summed E-state index contributed by atoms with van der Waals surface area (Å²) in [5.74, 6) is 1.53. The van der Waals surface area contributed by atoms with E-state index in [2.05, 4.69) is 11.9 Å². The molecule has 0 fully saturated rings. The molecule has 0 saturated heterocycles. The largest absolute Gasteiger partial charge is 0.497 e. The Morgan fingerprint density at radius 3 is 2.65 bits per heavy atom. The fourth-order valence-corrected chi connectivity index (χ4v) is 3.20. The number of aryl methyl sites for hydroxylation is 1. The molecule has 5 nitrogen and oxygen atoms in total.